The number of carbonyl (C=O) groups excluding carboxylic acids is 1. The number of halogens is 1. The van der Waals surface area contributed by atoms with Gasteiger partial charge >= 0.3 is 0 Å². The molecule has 1 fully saturated rings. The number of amides is 1. The molecule has 0 aromatic heterocycles. The molecule has 7 heteroatoms. The van der Waals surface area contributed by atoms with E-state index in [4.69, 9.17) is 14.2 Å². The maximum Gasteiger partial charge on any atom is 0.228 e. The van der Waals surface area contributed by atoms with E-state index < -0.39 is 5.82 Å². The summed E-state index contributed by atoms with van der Waals surface area (Å²) in [7, 11) is 3.30. The van der Waals surface area contributed by atoms with E-state index in [2.05, 4.69) is 22.3 Å². The van der Waals surface area contributed by atoms with Crippen molar-refractivity contribution in [1.82, 2.24) is 4.90 Å². The number of methoxy groups -OCH3 is 2. The maximum atomic E-state index is 14.8. The molecule has 1 aliphatic heterocycles. The number of aryl methyl sites for hydroxylation is 1. The summed E-state index contributed by atoms with van der Waals surface area (Å²) < 4.78 is 31.3. The number of ether oxygens (including phenoxy) is 3. The molecule has 212 valence electrons. The summed E-state index contributed by atoms with van der Waals surface area (Å²) in [6.07, 6.45) is 6.58. The van der Waals surface area contributed by atoms with Crippen LogP contribution in [-0.2, 0) is 24.1 Å². The van der Waals surface area contributed by atoms with Crippen molar-refractivity contribution in [2.24, 2.45) is 0 Å². The Labute approximate surface area is 236 Å². The molecule has 6 nitrogen and oxygen atoms in total. The minimum Gasteiger partial charge on any atom is -0.497 e. The Morgan fingerprint density at radius 2 is 1.73 bits per heavy atom. The lowest BCUT2D eigenvalue weighted by Crippen LogP contribution is -2.33. The third-order valence-electron chi connectivity index (χ3n) is 8.09. The van der Waals surface area contributed by atoms with E-state index in [-0.39, 0.29) is 24.0 Å². The van der Waals surface area contributed by atoms with Gasteiger partial charge in [-0.2, -0.15) is 0 Å². The number of carbonyl (C=O) groups is 1. The summed E-state index contributed by atoms with van der Waals surface area (Å²) in [6, 6.07) is 16.9. The Bertz CT molecular complexity index is 1320. The van der Waals surface area contributed by atoms with E-state index in [9.17, 15) is 9.18 Å². The lowest BCUT2D eigenvalue weighted by Gasteiger charge is -2.27. The Kier molecular flexibility index (Phi) is 9.22. The van der Waals surface area contributed by atoms with Gasteiger partial charge in [-0.3, -0.25) is 9.69 Å². The average Bonchev–Trinajstić information content (AvgIpc) is 2.98. The van der Waals surface area contributed by atoms with Gasteiger partial charge in [0.15, 0.2) is 11.6 Å². The fourth-order valence-electron chi connectivity index (χ4n) is 5.87. The molecule has 1 unspecified atom stereocenters. The summed E-state index contributed by atoms with van der Waals surface area (Å²) in [5.74, 6) is 1.41. The molecular weight excluding hydrogens is 507 g/mol. The van der Waals surface area contributed by atoms with Gasteiger partial charge in [-0.05, 0) is 104 Å². The second-order valence-corrected chi connectivity index (χ2v) is 10.8. The molecule has 40 heavy (non-hydrogen) atoms. The number of rotatable bonds is 10. The quantitative estimate of drug-likeness (QED) is 0.330. The van der Waals surface area contributed by atoms with Crippen molar-refractivity contribution in [2.75, 3.05) is 45.8 Å². The summed E-state index contributed by atoms with van der Waals surface area (Å²) >= 11 is 0. The van der Waals surface area contributed by atoms with Gasteiger partial charge in [-0.1, -0.05) is 24.6 Å². The minimum absolute atomic E-state index is 0.0644. The zero-order valence-electron chi connectivity index (χ0n) is 23.5. The van der Waals surface area contributed by atoms with E-state index in [1.807, 2.05) is 24.3 Å². The number of hydrogen-bond acceptors (Lipinski definition) is 5. The van der Waals surface area contributed by atoms with Crippen LogP contribution in [0.15, 0.2) is 54.6 Å². The molecule has 5 rings (SSSR count). The van der Waals surface area contributed by atoms with E-state index in [0.29, 0.717) is 17.9 Å². The zero-order chi connectivity index (χ0) is 27.9. The van der Waals surface area contributed by atoms with Gasteiger partial charge in [0.05, 0.1) is 20.6 Å². The molecule has 0 bridgehead atoms. The maximum absolute atomic E-state index is 14.8. The molecule has 1 saturated heterocycles. The van der Waals surface area contributed by atoms with Crippen LogP contribution in [0.5, 0.6) is 17.2 Å². The third kappa shape index (κ3) is 6.94. The SMILES string of the molecule is COc1ccc2c(c1)CCC(c1ccc(OC)cc1NC(=O)Cc1ccc(OCCN3CCCCC3)c(F)c1)C2. The number of hydrogen-bond donors (Lipinski definition) is 1. The van der Waals surface area contributed by atoms with Gasteiger partial charge < -0.3 is 19.5 Å². The lowest BCUT2D eigenvalue weighted by atomic mass is 9.79. The summed E-state index contributed by atoms with van der Waals surface area (Å²) in [5.41, 5.74) is 5.04. The van der Waals surface area contributed by atoms with Crippen LogP contribution in [0.2, 0.25) is 0 Å². The normalized spacial score (nSPS) is 17.1. The number of benzene rings is 3. The Hall–Kier alpha value is -3.58. The molecule has 3 aromatic carbocycles. The number of anilines is 1. The van der Waals surface area contributed by atoms with Crippen LogP contribution in [0.3, 0.4) is 0 Å². The standard InChI is InChI=1S/C33H39FN2O4/c1-38-27-10-9-24-20-26(8-7-25(24)21-27)29-12-11-28(39-2)22-31(29)35-33(37)19-23-6-13-32(30(34)18-23)40-17-16-36-14-4-3-5-15-36/h6,9-13,18,21-22,26H,3-5,7-8,14-17,19-20H2,1-2H3,(H,35,37). The highest BCUT2D eigenvalue weighted by molar-refractivity contribution is 5.93. The van der Waals surface area contributed by atoms with Gasteiger partial charge in [0.2, 0.25) is 5.91 Å². The molecule has 3 aromatic rings. The Morgan fingerprint density at radius 1 is 0.950 bits per heavy atom. The zero-order valence-corrected chi connectivity index (χ0v) is 23.5. The number of piperidine rings is 1. The number of nitrogens with zero attached hydrogens (tertiary/aromatic N) is 1. The molecule has 1 aliphatic carbocycles. The minimum atomic E-state index is -0.441. The van der Waals surface area contributed by atoms with Crippen LogP contribution >= 0.6 is 0 Å². The van der Waals surface area contributed by atoms with Crippen molar-refractivity contribution in [3.05, 3.63) is 82.7 Å². The van der Waals surface area contributed by atoms with E-state index in [1.54, 1.807) is 26.4 Å². The molecule has 1 heterocycles. The topological polar surface area (TPSA) is 60.0 Å². The summed E-state index contributed by atoms with van der Waals surface area (Å²) in [4.78, 5) is 15.5. The number of nitrogens with one attached hydrogen (secondary N) is 1. The van der Waals surface area contributed by atoms with Crippen molar-refractivity contribution in [2.45, 2.75) is 50.9 Å². The second kappa shape index (κ2) is 13.2. The van der Waals surface area contributed by atoms with Crippen LogP contribution in [0.25, 0.3) is 0 Å². The van der Waals surface area contributed by atoms with Crippen molar-refractivity contribution >= 4 is 11.6 Å². The van der Waals surface area contributed by atoms with Crippen LogP contribution in [0.1, 0.15) is 53.9 Å². The molecule has 0 spiro atoms. The van der Waals surface area contributed by atoms with E-state index >= 15 is 0 Å². The van der Waals surface area contributed by atoms with Crippen LogP contribution in [0, 0.1) is 5.82 Å². The van der Waals surface area contributed by atoms with Gasteiger partial charge in [0.25, 0.3) is 0 Å². The van der Waals surface area contributed by atoms with Gasteiger partial charge in [0, 0.05) is 18.3 Å². The first-order valence-electron chi connectivity index (χ1n) is 14.3. The lowest BCUT2D eigenvalue weighted by molar-refractivity contribution is -0.115. The second-order valence-electron chi connectivity index (χ2n) is 10.8. The summed E-state index contributed by atoms with van der Waals surface area (Å²) in [5, 5.41) is 3.08. The largest absolute Gasteiger partial charge is 0.497 e. The first-order valence-corrected chi connectivity index (χ1v) is 14.3. The van der Waals surface area contributed by atoms with Crippen molar-refractivity contribution in [1.29, 1.82) is 0 Å². The van der Waals surface area contributed by atoms with E-state index in [0.717, 1.165) is 55.9 Å². The number of fused-ring (bicyclic) bond motifs is 1. The smallest absolute Gasteiger partial charge is 0.228 e. The van der Waals surface area contributed by atoms with Crippen molar-refractivity contribution in [3.63, 3.8) is 0 Å². The Morgan fingerprint density at radius 3 is 2.50 bits per heavy atom. The van der Waals surface area contributed by atoms with E-state index in [1.165, 1.54) is 36.5 Å². The number of likely N-dealkylation sites (tertiary alicyclic amines) is 1. The third-order valence-corrected chi connectivity index (χ3v) is 8.09. The van der Waals surface area contributed by atoms with Gasteiger partial charge in [-0.15, -0.1) is 0 Å². The summed E-state index contributed by atoms with van der Waals surface area (Å²) in [6.45, 7) is 3.41. The Balaban J connectivity index is 1.22. The average molecular weight is 547 g/mol. The molecule has 2 aliphatic rings. The highest BCUT2D eigenvalue weighted by Crippen LogP contribution is 2.38. The first kappa shape index (κ1) is 28.0. The molecule has 0 radical (unpaired) electrons. The van der Waals surface area contributed by atoms with Gasteiger partial charge in [0.1, 0.15) is 18.1 Å². The van der Waals surface area contributed by atoms with Crippen LogP contribution in [0.4, 0.5) is 10.1 Å². The molecular formula is C33H39FN2O4. The van der Waals surface area contributed by atoms with Gasteiger partial charge in [-0.25, -0.2) is 4.39 Å². The molecule has 1 amide bonds. The fraction of sp³-hybridized carbons (Fsp3) is 0.424. The van der Waals surface area contributed by atoms with Crippen molar-refractivity contribution < 1.29 is 23.4 Å². The first-order chi connectivity index (χ1) is 19.5. The predicted octanol–water partition coefficient (Wildman–Crippen LogP) is 6.16. The van der Waals surface area contributed by atoms with Crippen LogP contribution in [-0.4, -0.2) is 51.3 Å². The molecule has 0 saturated carbocycles. The highest BCUT2D eigenvalue weighted by Gasteiger charge is 2.24. The fourth-order valence-corrected chi connectivity index (χ4v) is 5.87. The van der Waals surface area contributed by atoms with Crippen LogP contribution < -0.4 is 19.5 Å². The molecule has 1 atom stereocenters. The molecule has 1 N–H and O–H groups in total. The predicted molar refractivity (Wildman–Crippen MR) is 155 cm³/mol. The highest BCUT2D eigenvalue weighted by atomic mass is 19.1. The van der Waals surface area contributed by atoms with Crippen molar-refractivity contribution in [3.8, 4) is 17.2 Å². The monoisotopic (exact) mass is 546 g/mol.